The van der Waals surface area contributed by atoms with Crippen LogP contribution in [0.4, 0.5) is 5.69 Å². The van der Waals surface area contributed by atoms with Crippen molar-refractivity contribution in [3.8, 4) is 0 Å². The zero-order valence-electron chi connectivity index (χ0n) is 15.0. The third-order valence-corrected chi connectivity index (χ3v) is 5.42. The summed E-state index contributed by atoms with van der Waals surface area (Å²) in [5.41, 5.74) is 3.27. The number of rotatable bonds is 6. The van der Waals surface area contributed by atoms with Crippen molar-refractivity contribution in [2.75, 3.05) is 11.3 Å². The summed E-state index contributed by atoms with van der Waals surface area (Å²) in [6.45, 7) is 7.97. The van der Waals surface area contributed by atoms with Crippen LogP contribution >= 0.6 is 0 Å². The number of nitrogens with one attached hydrogen (secondary N) is 2. The second kappa shape index (κ2) is 7.70. The highest BCUT2D eigenvalue weighted by Gasteiger charge is 2.20. The van der Waals surface area contributed by atoms with Gasteiger partial charge in [-0.2, -0.15) is 0 Å². The largest absolute Gasteiger partial charge is 0.352 e. The van der Waals surface area contributed by atoms with E-state index in [2.05, 4.69) is 10.0 Å². The Morgan fingerprint density at radius 3 is 2.36 bits per heavy atom. The molecule has 0 aliphatic heterocycles. The molecule has 5 nitrogen and oxygen atoms in total. The quantitative estimate of drug-likeness (QED) is 0.827. The Morgan fingerprint density at radius 1 is 1.00 bits per heavy atom. The van der Waals surface area contributed by atoms with Crippen molar-refractivity contribution in [2.24, 2.45) is 0 Å². The second-order valence-corrected chi connectivity index (χ2v) is 7.81. The van der Waals surface area contributed by atoms with Gasteiger partial charge in [0.2, 0.25) is 0 Å². The molecule has 0 radical (unpaired) electrons. The normalized spacial score (nSPS) is 11.2. The predicted molar refractivity (Wildman–Crippen MR) is 101 cm³/mol. The van der Waals surface area contributed by atoms with Crippen LogP contribution in [-0.4, -0.2) is 20.9 Å². The van der Waals surface area contributed by atoms with E-state index < -0.39 is 10.0 Å². The Hall–Kier alpha value is -2.34. The molecule has 0 saturated heterocycles. The van der Waals surface area contributed by atoms with E-state index >= 15 is 0 Å². The van der Waals surface area contributed by atoms with Gasteiger partial charge in [0.05, 0.1) is 10.6 Å². The van der Waals surface area contributed by atoms with Crippen molar-refractivity contribution < 1.29 is 13.2 Å². The Morgan fingerprint density at radius 2 is 1.68 bits per heavy atom. The number of amides is 1. The SMILES string of the molecule is CCCNC(=O)c1ccc(C)c(S(=O)(=O)Nc2cc(C)ccc2C)c1. The van der Waals surface area contributed by atoms with Gasteiger partial charge in [-0.25, -0.2) is 8.42 Å². The predicted octanol–water partition coefficient (Wildman–Crippen LogP) is 3.55. The summed E-state index contributed by atoms with van der Waals surface area (Å²) in [7, 11) is -3.79. The molecule has 1 amide bonds. The molecule has 0 aromatic heterocycles. The number of sulfonamides is 1. The van der Waals surface area contributed by atoms with E-state index in [1.54, 1.807) is 25.1 Å². The smallest absolute Gasteiger partial charge is 0.262 e. The van der Waals surface area contributed by atoms with Crippen molar-refractivity contribution in [3.05, 3.63) is 58.7 Å². The highest BCUT2D eigenvalue weighted by atomic mass is 32.2. The minimum Gasteiger partial charge on any atom is -0.352 e. The molecule has 134 valence electrons. The van der Waals surface area contributed by atoms with Crippen molar-refractivity contribution in [3.63, 3.8) is 0 Å². The van der Waals surface area contributed by atoms with Gasteiger partial charge in [0.15, 0.2) is 0 Å². The van der Waals surface area contributed by atoms with E-state index in [0.29, 0.717) is 23.4 Å². The minimum absolute atomic E-state index is 0.109. The monoisotopic (exact) mass is 360 g/mol. The lowest BCUT2D eigenvalue weighted by atomic mass is 10.1. The van der Waals surface area contributed by atoms with Crippen molar-refractivity contribution >= 4 is 21.6 Å². The summed E-state index contributed by atoms with van der Waals surface area (Å²) >= 11 is 0. The van der Waals surface area contributed by atoms with Gasteiger partial charge in [0, 0.05) is 12.1 Å². The van der Waals surface area contributed by atoms with Gasteiger partial charge in [-0.15, -0.1) is 0 Å². The molecule has 0 fully saturated rings. The van der Waals surface area contributed by atoms with Crippen LogP contribution in [0, 0.1) is 20.8 Å². The molecule has 25 heavy (non-hydrogen) atoms. The minimum atomic E-state index is -3.79. The summed E-state index contributed by atoms with van der Waals surface area (Å²) < 4.78 is 28.3. The first-order valence-electron chi connectivity index (χ1n) is 8.23. The Kier molecular flexibility index (Phi) is 5.85. The first kappa shape index (κ1) is 19.0. The Labute approximate surface area is 149 Å². The summed E-state index contributed by atoms with van der Waals surface area (Å²) in [6, 6.07) is 10.3. The maximum Gasteiger partial charge on any atom is 0.262 e. The molecular formula is C19H24N2O3S. The summed E-state index contributed by atoms with van der Waals surface area (Å²) in [5.74, 6) is -0.273. The summed E-state index contributed by atoms with van der Waals surface area (Å²) in [4.78, 5) is 12.2. The molecule has 0 bridgehead atoms. The number of benzene rings is 2. The van der Waals surface area contributed by atoms with Gasteiger partial charge in [-0.05, 0) is 62.1 Å². The van der Waals surface area contributed by atoms with Crippen LogP contribution < -0.4 is 10.0 Å². The number of carbonyl (C=O) groups is 1. The number of carbonyl (C=O) groups excluding carboxylic acids is 1. The number of hydrogen-bond donors (Lipinski definition) is 2. The highest BCUT2D eigenvalue weighted by Crippen LogP contribution is 2.23. The summed E-state index contributed by atoms with van der Waals surface area (Å²) in [5, 5.41) is 2.76. The average Bonchev–Trinajstić information content (AvgIpc) is 2.56. The van der Waals surface area contributed by atoms with Crippen LogP contribution in [0.25, 0.3) is 0 Å². The molecule has 2 aromatic rings. The van der Waals surface area contributed by atoms with Crippen molar-refractivity contribution in [2.45, 2.75) is 39.0 Å². The third kappa shape index (κ3) is 4.60. The molecule has 0 spiro atoms. The summed E-state index contributed by atoms with van der Waals surface area (Å²) in [6.07, 6.45) is 0.816. The topological polar surface area (TPSA) is 75.3 Å². The van der Waals surface area contributed by atoms with Crippen LogP contribution in [-0.2, 0) is 10.0 Å². The first-order chi connectivity index (χ1) is 11.7. The van der Waals surface area contributed by atoms with Crippen LogP contribution in [0.1, 0.15) is 40.4 Å². The molecular weight excluding hydrogens is 336 g/mol. The Balaban J connectivity index is 2.38. The van der Waals surface area contributed by atoms with E-state index in [1.807, 2.05) is 32.9 Å². The number of aryl methyl sites for hydroxylation is 3. The fourth-order valence-corrected chi connectivity index (χ4v) is 3.81. The molecule has 0 atom stereocenters. The number of anilines is 1. The fourth-order valence-electron chi connectivity index (χ4n) is 2.42. The zero-order chi connectivity index (χ0) is 18.6. The van der Waals surface area contributed by atoms with Gasteiger partial charge >= 0.3 is 0 Å². The van der Waals surface area contributed by atoms with E-state index in [4.69, 9.17) is 0 Å². The highest BCUT2D eigenvalue weighted by molar-refractivity contribution is 7.92. The van der Waals surface area contributed by atoms with Crippen molar-refractivity contribution in [1.29, 1.82) is 0 Å². The standard InChI is InChI=1S/C19H24N2O3S/c1-5-10-20-19(22)16-9-8-15(4)18(12-16)25(23,24)21-17-11-13(2)6-7-14(17)3/h6-9,11-12,21H,5,10H2,1-4H3,(H,20,22). The molecule has 0 saturated carbocycles. The maximum atomic E-state index is 12.8. The van der Waals surface area contributed by atoms with Gasteiger partial charge < -0.3 is 5.32 Å². The van der Waals surface area contributed by atoms with Crippen LogP contribution in [0.5, 0.6) is 0 Å². The van der Waals surface area contributed by atoms with Crippen molar-refractivity contribution in [1.82, 2.24) is 5.32 Å². The van der Waals surface area contributed by atoms with Gasteiger partial charge in [-0.1, -0.05) is 25.1 Å². The molecule has 0 aliphatic carbocycles. The lowest BCUT2D eigenvalue weighted by Gasteiger charge is -2.14. The fraction of sp³-hybridized carbons (Fsp3) is 0.316. The molecule has 2 rings (SSSR count). The van der Waals surface area contributed by atoms with Gasteiger partial charge in [-0.3, -0.25) is 9.52 Å². The zero-order valence-corrected chi connectivity index (χ0v) is 15.8. The van der Waals surface area contributed by atoms with Gasteiger partial charge in [0.1, 0.15) is 0 Å². The molecule has 0 unspecified atom stereocenters. The van der Waals surface area contributed by atoms with E-state index in [-0.39, 0.29) is 10.8 Å². The average molecular weight is 360 g/mol. The van der Waals surface area contributed by atoms with Crippen LogP contribution in [0.2, 0.25) is 0 Å². The number of hydrogen-bond acceptors (Lipinski definition) is 3. The first-order valence-corrected chi connectivity index (χ1v) is 9.72. The van der Waals surface area contributed by atoms with E-state index in [0.717, 1.165) is 17.5 Å². The van der Waals surface area contributed by atoms with E-state index in [9.17, 15) is 13.2 Å². The molecule has 0 aliphatic rings. The maximum absolute atomic E-state index is 12.8. The lowest BCUT2D eigenvalue weighted by molar-refractivity contribution is 0.0953. The second-order valence-electron chi connectivity index (χ2n) is 6.16. The molecule has 6 heteroatoms. The molecule has 2 aromatic carbocycles. The van der Waals surface area contributed by atoms with Crippen LogP contribution in [0.15, 0.2) is 41.3 Å². The molecule has 0 heterocycles. The third-order valence-electron chi connectivity index (χ3n) is 3.91. The van der Waals surface area contributed by atoms with E-state index in [1.165, 1.54) is 6.07 Å². The lowest BCUT2D eigenvalue weighted by Crippen LogP contribution is -2.24. The van der Waals surface area contributed by atoms with Crippen LogP contribution in [0.3, 0.4) is 0 Å². The van der Waals surface area contributed by atoms with Gasteiger partial charge in [0.25, 0.3) is 15.9 Å². The molecule has 2 N–H and O–H groups in total. The Bertz CT molecular complexity index is 890.